The summed E-state index contributed by atoms with van der Waals surface area (Å²) in [7, 11) is 0. The van der Waals surface area contributed by atoms with E-state index >= 15 is 0 Å². The van der Waals surface area contributed by atoms with E-state index in [4.69, 9.17) is 4.98 Å². The van der Waals surface area contributed by atoms with Crippen LogP contribution in [0.5, 0.6) is 0 Å². The average Bonchev–Trinajstić information content (AvgIpc) is 3.82. The normalized spacial score (nSPS) is 13.2. The molecule has 1 aliphatic rings. The standard InChI is InChI=1S/C58H50BN4.Pt/c1-41-42(2)62(51-36-45(57(3,4)43-21-10-7-11-22-43)35-46(37-51)58(5,6)44-23-12-8-13-24-44)40-61(41)50-28-20-27-48(38-50)59(47-25-14-9-15-26-47)49-32-33-53-52-29-16-17-30-54(52)63(55(53)39-49)56-31-18-19-34-60-56;/h7-37,40H,1-6H3;/q-3;. The molecule has 10 rings (SSSR count). The predicted octanol–water partition coefficient (Wildman–Crippen LogP) is 11.6. The van der Waals surface area contributed by atoms with Gasteiger partial charge in [-0.05, 0) is 71.8 Å². The average molecular weight is 1010 g/mol. The van der Waals surface area contributed by atoms with E-state index < -0.39 is 0 Å². The Morgan fingerprint density at radius 2 is 1.09 bits per heavy atom. The summed E-state index contributed by atoms with van der Waals surface area (Å²) in [6.45, 7) is 15.9. The molecule has 0 atom stereocenters. The second kappa shape index (κ2) is 17.3. The zero-order valence-electron chi connectivity index (χ0n) is 37.2. The van der Waals surface area contributed by atoms with Gasteiger partial charge >= 0.3 is 0 Å². The van der Waals surface area contributed by atoms with E-state index in [1.807, 2.05) is 18.3 Å². The van der Waals surface area contributed by atoms with Crippen LogP contribution in [-0.2, 0) is 31.9 Å². The number of para-hydroxylation sites is 1. The maximum Gasteiger partial charge on any atom is 0.191 e. The van der Waals surface area contributed by atoms with E-state index in [9.17, 15) is 0 Å². The van der Waals surface area contributed by atoms with Gasteiger partial charge in [0.15, 0.2) is 6.71 Å². The van der Waals surface area contributed by atoms with Gasteiger partial charge in [-0.2, -0.15) is 53.4 Å². The first kappa shape index (κ1) is 42.9. The largest absolute Gasteiger partial charge is 0.497 e. The number of hydrogen-bond acceptors (Lipinski definition) is 3. The Hall–Kier alpha value is -6.42. The number of allylic oxidation sites excluding steroid dienone is 2. The van der Waals surface area contributed by atoms with Gasteiger partial charge < -0.3 is 14.4 Å². The van der Waals surface area contributed by atoms with E-state index in [0.29, 0.717) is 0 Å². The van der Waals surface area contributed by atoms with Crippen LogP contribution in [0.25, 0.3) is 27.6 Å². The molecule has 1 aliphatic heterocycles. The van der Waals surface area contributed by atoms with E-state index in [1.54, 1.807) is 0 Å². The molecule has 4 nitrogen and oxygen atoms in total. The summed E-state index contributed by atoms with van der Waals surface area (Å²) in [4.78, 5) is 9.44. The Labute approximate surface area is 393 Å². The van der Waals surface area contributed by atoms with Gasteiger partial charge in [0, 0.05) is 60.7 Å². The molecule has 7 aromatic carbocycles. The molecule has 0 saturated carbocycles. The van der Waals surface area contributed by atoms with Crippen LogP contribution >= 0.6 is 0 Å². The topological polar surface area (TPSA) is 24.3 Å². The van der Waals surface area contributed by atoms with Gasteiger partial charge in [-0.25, -0.2) is 4.98 Å². The van der Waals surface area contributed by atoms with E-state index in [2.05, 4.69) is 245 Å². The van der Waals surface area contributed by atoms with Crippen molar-refractivity contribution in [1.82, 2.24) is 9.55 Å². The van der Waals surface area contributed by atoms with Crippen molar-refractivity contribution in [2.45, 2.75) is 52.4 Å². The Balaban J connectivity index is 0.00000518. The molecule has 6 heteroatoms. The number of nitrogens with zero attached hydrogens (tertiary/aromatic N) is 4. The van der Waals surface area contributed by atoms with Crippen molar-refractivity contribution in [3.8, 4) is 5.82 Å². The first-order valence-corrected chi connectivity index (χ1v) is 21.9. The summed E-state index contributed by atoms with van der Waals surface area (Å²) in [5.41, 5.74) is 14.6. The smallest absolute Gasteiger partial charge is 0.191 e. The Morgan fingerprint density at radius 3 is 1.73 bits per heavy atom. The third kappa shape index (κ3) is 7.60. The molecule has 0 spiro atoms. The van der Waals surface area contributed by atoms with Crippen LogP contribution < -0.4 is 26.2 Å². The van der Waals surface area contributed by atoms with Crippen molar-refractivity contribution in [3.05, 3.63) is 241 Å². The number of aromatic nitrogens is 2. The van der Waals surface area contributed by atoms with E-state index in [1.165, 1.54) is 38.8 Å². The second-order valence-electron chi connectivity index (χ2n) is 17.8. The molecular weight excluding hydrogens is 959 g/mol. The van der Waals surface area contributed by atoms with Crippen LogP contribution in [0.15, 0.2) is 200 Å². The fraction of sp³-hybridized carbons (Fsp3) is 0.138. The van der Waals surface area contributed by atoms with Crippen molar-refractivity contribution >= 4 is 56.3 Å². The third-order valence-electron chi connectivity index (χ3n) is 13.4. The zero-order chi connectivity index (χ0) is 43.3. The molecule has 0 N–H and O–H groups in total. The molecule has 0 unspecified atom stereocenters. The number of anilines is 2. The molecule has 318 valence electrons. The van der Waals surface area contributed by atoms with Gasteiger partial charge in [-0.3, -0.25) is 0 Å². The minimum absolute atomic E-state index is 0. The maximum absolute atomic E-state index is 4.79. The molecule has 0 aliphatic carbocycles. The molecule has 9 aromatic rings. The van der Waals surface area contributed by atoms with E-state index in [0.717, 1.165) is 50.2 Å². The SMILES string of the molecule is CC1=C(C)N(c2cc(C(C)(C)c3ccccc3)cc(C(C)(C)c3ccccc3)c2)[CH-]N1c1[c-]c(B(c2[c-]c3c(cc2)c2ccccc2n3-c2ccccn2)c2ccccc2)ccc1.[Pt]. The molecular formula is C58H50BN4Pt-3. The summed E-state index contributed by atoms with van der Waals surface area (Å²) < 4.78 is 2.24. The van der Waals surface area contributed by atoms with Crippen LogP contribution in [0.2, 0.25) is 0 Å². The summed E-state index contributed by atoms with van der Waals surface area (Å²) in [6, 6.07) is 73.3. The van der Waals surface area contributed by atoms with Crippen LogP contribution in [0.4, 0.5) is 11.4 Å². The molecule has 0 radical (unpaired) electrons. The molecule has 2 aromatic heterocycles. The molecule has 0 amide bonds. The molecule has 3 heterocycles. The van der Waals surface area contributed by atoms with Crippen LogP contribution in [0.1, 0.15) is 63.8 Å². The van der Waals surface area contributed by atoms with Crippen molar-refractivity contribution in [2.75, 3.05) is 9.80 Å². The van der Waals surface area contributed by atoms with E-state index in [-0.39, 0.29) is 38.6 Å². The van der Waals surface area contributed by atoms with Crippen molar-refractivity contribution < 1.29 is 21.1 Å². The van der Waals surface area contributed by atoms with Gasteiger partial charge in [-0.1, -0.05) is 160 Å². The second-order valence-corrected chi connectivity index (χ2v) is 17.8. The molecule has 0 bridgehead atoms. The number of rotatable bonds is 10. The quantitative estimate of drug-likeness (QED) is 0.101. The molecule has 64 heavy (non-hydrogen) atoms. The molecule has 0 fully saturated rings. The first-order valence-electron chi connectivity index (χ1n) is 21.9. The van der Waals surface area contributed by atoms with Crippen LogP contribution in [0.3, 0.4) is 0 Å². The first-order chi connectivity index (χ1) is 30.6. The van der Waals surface area contributed by atoms with Gasteiger partial charge in [0.2, 0.25) is 0 Å². The van der Waals surface area contributed by atoms with Crippen LogP contribution in [-0.4, -0.2) is 16.3 Å². The Kier molecular flexibility index (Phi) is 11.6. The number of fused-ring (bicyclic) bond motifs is 3. The minimum Gasteiger partial charge on any atom is -0.497 e. The van der Waals surface area contributed by atoms with Crippen LogP contribution in [0, 0.1) is 18.8 Å². The number of pyridine rings is 1. The third-order valence-corrected chi connectivity index (χ3v) is 13.4. The van der Waals surface area contributed by atoms with Crippen molar-refractivity contribution in [1.29, 1.82) is 0 Å². The van der Waals surface area contributed by atoms with Gasteiger partial charge in [-0.15, -0.1) is 17.7 Å². The van der Waals surface area contributed by atoms with Crippen molar-refractivity contribution in [2.24, 2.45) is 0 Å². The van der Waals surface area contributed by atoms with Gasteiger partial charge in [0.1, 0.15) is 5.82 Å². The summed E-state index contributed by atoms with van der Waals surface area (Å²) in [6.07, 6.45) is 1.86. The monoisotopic (exact) mass is 1010 g/mol. The summed E-state index contributed by atoms with van der Waals surface area (Å²) in [5.74, 6) is 0.874. The van der Waals surface area contributed by atoms with Gasteiger partial charge in [0.25, 0.3) is 0 Å². The fourth-order valence-electron chi connectivity index (χ4n) is 9.41. The zero-order valence-corrected chi connectivity index (χ0v) is 39.4. The molecule has 0 saturated heterocycles. The van der Waals surface area contributed by atoms with Gasteiger partial charge in [0.05, 0.1) is 0 Å². The summed E-state index contributed by atoms with van der Waals surface area (Å²) in [5, 5.41) is 2.33. The minimum atomic E-state index is -0.231. The number of hydrogen-bond donors (Lipinski definition) is 0. The fourth-order valence-corrected chi connectivity index (χ4v) is 9.41. The van der Waals surface area contributed by atoms with Crippen molar-refractivity contribution in [3.63, 3.8) is 0 Å². The Bertz CT molecular complexity index is 3050. The maximum atomic E-state index is 4.79. The summed E-state index contributed by atoms with van der Waals surface area (Å²) >= 11 is 0. The Morgan fingerprint density at radius 1 is 0.516 bits per heavy atom. The predicted molar refractivity (Wildman–Crippen MR) is 265 cm³/mol. The number of benzene rings is 7.